The zero-order chi connectivity index (χ0) is 17.3. The molecule has 0 saturated heterocycles. The van der Waals surface area contributed by atoms with Crippen LogP contribution < -0.4 is 10.5 Å². The van der Waals surface area contributed by atoms with E-state index in [0.717, 1.165) is 19.0 Å². The molecule has 1 aliphatic carbocycles. The molecule has 2 aromatic rings. The number of aliphatic hydroxyl groups is 2. The van der Waals surface area contributed by atoms with E-state index < -0.39 is 18.0 Å². The number of pyridine rings is 2. The molecule has 2 aromatic heterocycles. The molecule has 0 aliphatic heterocycles. The van der Waals surface area contributed by atoms with Gasteiger partial charge in [-0.15, -0.1) is 0 Å². The number of rotatable bonds is 4. The summed E-state index contributed by atoms with van der Waals surface area (Å²) in [6, 6.07) is 3.39. The van der Waals surface area contributed by atoms with Gasteiger partial charge in [-0.05, 0) is 37.7 Å². The van der Waals surface area contributed by atoms with Crippen molar-refractivity contribution in [3.05, 3.63) is 29.7 Å². The number of aliphatic hydroxyl groups excluding tert-OH is 2. The maximum Gasteiger partial charge on any atom is 0.213 e. The number of ether oxygens (including phenoxy) is 1. The quantitative estimate of drug-likeness (QED) is 0.786. The van der Waals surface area contributed by atoms with E-state index in [2.05, 4.69) is 9.97 Å². The zero-order valence-corrected chi connectivity index (χ0v) is 13.5. The molecule has 24 heavy (non-hydrogen) atoms. The third kappa shape index (κ3) is 3.19. The van der Waals surface area contributed by atoms with Gasteiger partial charge in [0, 0.05) is 17.7 Å². The van der Waals surface area contributed by atoms with E-state index in [-0.39, 0.29) is 23.0 Å². The van der Waals surface area contributed by atoms with Crippen molar-refractivity contribution in [2.75, 3.05) is 7.11 Å². The van der Waals surface area contributed by atoms with Crippen LogP contribution in [0.4, 0.5) is 4.39 Å². The lowest BCUT2D eigenvalue weighted by atomic mass is 9.80. The fraction of sp³-hybridized carbons (Fsp3) is 0.529. The van der Waals surface area contributed by atoms with E-state index in [0.29, 0.717) is 24.2 Å². The lowest BCUT2D eigenvalue weighted by molar-refractivity contribution is -0.0306. The molecule has 0 spiro atoms. The maximum atomic E-state index is 14.4. The average Bonchev–Trinajstić information content (AvgIpc) is 2.60. The summed E-state index contributed by atoms with van der Waals surface area (Å²) in [5, 5.41) is 21.2. The summed E-state index contributed by atoms with van der Waals surface area (Å²) in [4.78, 5) is 8.18. The summed E-state index contributed by atoms with van der Waals surface area (Å²) in [6.07, 6.45) is 1.58. The van der Waals surface area contributed by atoms with Crippen LogP contribution in [0, 0.1) is 11.7 Å². The molecule has 0 radical (unpaired) electrons. The number of nitrogens with zero attached hydrogens (tertiary/aromatic N) is 2. The Hall–Kier alpha value is -1.83. The summed E-state index contributed by atoms with van der Waals surface area (Å²) in [7, 11) is 1.46. The highest BCUT2D eigenvalue weighted by atomic mass is 19.1. The number of aromatic nitrogens is 2. The third-order valence-corrected chi connectivity index (χ3v) is 4.81. The molecule has 7 heteroatoms. The van der Waals surface area contributed by atoms with Gasteiger partial charge in [-0.2, -0.15) is 0 Å². The topological polar surface area (TPSA) is 101 Å². The average molecular weight is 335 g/mol. The normalized spacial score (nSPS) is 23.9. The predicted octanol–water partition coefficient (Wildman–Crippen LogP) is 1.69. The SMILES string of the molecule is COc1ccc2ncc(F)c(C(O)[C@H](O)[C@H]3CC[C@H](N)CC3)c2n1. The van der Waals surface area contributed by atoms with Crippen molar-refractivity contribution in [3.8, 4) is 5.88 Å². The molecule has 0 bridgehead atoms. The molecular weight excluding hydrogens is 313 g/mol. The van der Waals surface area contributed by atoms with E-state index in [1.165, 1.54) is 7.11 Å². The molecule has 1 saturated carbocycles. The number of hydrogen-bond acceptors (Lipinski definition) is 6. The van der Waals surface area contributed by atoms with Crippen molar-refractivity contribution in [2.24, 2.45) is 11.7 Å². The fourth-order valence-corrected chi connectivity index (χ4v) is 3.36. The van der Waals surface area contributed by atoms with Crippen LogP contribution in [0.3, 0.4) is 0 Å². The van der Waals surface area contributed by atoms with Gasteiger partial charge in [-0.1, -0.05) is 0 Å². The fourth-order valence-electron chi connectivity index (χ4n) is 3.36. The second kappa shape index (κ2) is 6.96. The molecule has 1 fully saturated rings. The highest BCUT2D eigenvalue weighted by Crippen LogP contribution is 2.35. The molecule has 1 unspecified atom stereocenters. The van der Waals surface area contributed by atoms with Gasteiger partial charge in [-0.25, -0.2) is 9.37 Å². The van der Waals surface area contributed by atoms with E-state index >= 15 is 0 Å². The van der Waals surface area contributed by atoms with Crippen LogP contribution in [-0.2, 0) is 0 Å². The third-order valence-electron chi connectivity index (χ3n) is 4.81. The number of nitrogens with two attached hydrogens (primary N) is 1. The van der Waals surface area contributed by atoms with Crippen molar-refractivity contribution in [1.29, 1.82) is 0 Å². The first kappa shape index (κ1) is 17.0. The van der Waals surface area contributed by atoms with Crippen molar-refractivity contribution < 1.29 is 19.3 Å². The number of hydrogen-bond donors (Lipinski definition) is 3. The highest BCUT2D eigenvalue weighted by molar-refractivity contribution is 5.78. The van der Waals surface area contributed by atoms with Crippen LogP contribution in [0.5, 0.6) is 5.88 Å². The monoisotopic (exact) mass is 335 g/mol. The predicted molar refractivity (Wildman–Crippen MR) is 86.9 cm³/mol. The van der Waals surface area contributed by atoms with Gasteiger partial charge >= 0.3 is 0 Å². The zero-order valence-electron chi connectivity index (χ0n) is 13.5. The first-order chi connectivity index (χ1) is 11.5. The Morgan fingerprint density at radius 1 is 1.25 bits per heavy atom. The van der Waals surface area contributed by atoms with Gasteiger partial charge in [0.15, 0.2) is 0 Å². The summed E-state index contributed by atoms with van der Waals surface area (Å²) >= 11 is 0. The van der Waals surface area contributed by atoms with Crippen LogP contribution in [0.15, 0.2) is 18.3 Å². The Labute approximate surface area is 139 Å². The van der Waals surface area contributed by atoms with Gasteiger partial charge in [0.1, 0.15) is 17.4 Å². The smallest absolute Gasteiger partial charge is 0.213 e. The second-order valence-corrected chi connectivity index (χ2v) is 6.35. The number of halogens is 1. The second-order valence-electron chi connectivity index (χ2n) is 6.35. The standard InChI is InChI=1S/C17H22FN3O3/c1-24-13-7-6-12-15(21-13)14(11(18)8-20-12)17(23)16(22)9-2-4-10(19)5-3-9/h6-10,16-17,22-23H,2-5,19H2,1H3/t9-,10-,16-,17?/m1/s1. The molecule has 2 atom stereocenters. The van der Waals surface area contributed by atoms with E-state index in [1.807, 2.05) is 0 Å². The van der Waals surface area contributed by atoms with Crippen LogP contribution >= 0.6 is 0 Å². The Kier molecular flexibility index (Phi) is 4.93. The van der Waals surface area contributed by atoms with Gasteiger partial charge in [0.05, 0.1) is 24.9 Å². The summed E-state index contributed by atoms with van der Waals surface area (Å²) in [6.45, 7) is 0. The molecule has 4 N–H and O–H groups in total. The molecular formula is C17H22FN3O3. The first-order valence-corrected chi connectivity index (χ1v) is 8.12. The largest absolute Gasteiger partial charge is 0.481 e. The molecule has 0 aromatic carbocycles. The minimum absolute atomic E-state index is 0.0405. The van der Waals surface area contributed by atoms with Gasteiger partial charge < -0.3 is 20.7 Å². The minimum atomic E-state index is -1.38. The van der Waals surface area contributed by atoms with E-state index in [9.17, 15) is 14.6 Å². The lowest BCUT2D eigenvalue weighted by Crippen LogP contribution is -2.35. The molecule has 3 rings (SSSR count). The van der Waals surface area contributed by atoms with Crippen molar-refractivity contribution in [1.82, 2.24) is 9.97 Å². The van der Waals surface area contributed by atoms with Gasteiger partial charge in [0.25, 0.3) is 0 Å². The Balaban J connectivity index is 1.96. The van der Waals surface area contributed by atoms with Crippen LogP contribution in [0.25, 0.3) is 11.0 Å². The Morgan fingerprint density at radius 2 is 1.96 bits per heavy atom. The van der Waals surface area contributed by atoms with Crippen molar-refractivity contribution >= 4 is 11.0 Å². The van der Waals surface area contributed by atoms with Gasteiger partial charge in [0.2, 0.25) is 5.88 Å². The van der Waals surface area contributed by atoms with Crippen LogP contribution in [-0.4, -0.2) is 39.4 Å². The molecule has 0 amide bonds. The Morgan fingerprint density at radius 3 is 2.62 bits per heavy atom. The van der Waals surface area contributed by atoms with E-state index in [1.54, 1.807) is 12.1 Å². The molecule has 6 nitrogen and oxygen atoms in total. The number of fused-ring (bicyclic) bond motifs is 1. The summed E-state index contributed by atoms with van der Waals surface area (Å²) < 4.78 is 19.4. The van der Waals surface area contributed by atoms with E-state index in [4.69, 9.17) is 10.5 Å². The van der Waals surface area contributed by atoms with Crippen molar-refractivity contribution in [2.45, 2.75) is 43.9 Å². The van der Waals surface area contributed by atoms with Gasteiger partial charge in [-0.3, -0.25) is 4.98 Å². The van der Waals surface area contributed by atoms with Crippen LogP contribution in [0.1, 0.15) is 37.4 Å². The van der Waals surface area contributed by atoms with Crippen molar-refractivity contribution in [3.63, 3.8) is 0 Å². The number of methoxy groups -OCH3 is 1. The summed E-state index contributed by atoms with van der Waals surface area (Å²) in [5.74, 6) is -0.517. The minimum Gasteiger partial charge on any atom is -0.481 e. The molecule has 130 valence electrons. The van der Waals surface area contributed by atoms with Crippen LogP contribution in [0.2, 0.25) is 0 Å². The maximum absolute atomic E-state index is 14.4. The highest BCUT2D eigenvalue weighted by Gasteiger charge is 2.33. The Bertz CT molecular complexity index is 720. The lowest BCUT2D eigenvalue weighted by Gasteiger charge is -2.32. The molecule has 2 heterocycles. The summed E-state index contributed by atoms with van der Waals surface area (Å²) in [5.41, 5.74) is 6.47. The molecule has 1 aliphatic rings. The first-order valence-electron chi connectivity index (χ1n) is 8.12.